The molecule has 0 radical (unpaired) electrons. The first-order valence-corrected chi connectivity index (χ1v) is 9.25. The molecular formula is C20H21BrN2O2. The van der Waals surface area contributed by atoms with Crippen LogP contribution in [0.3, 0.4) is 0 Å². The van der Waals surface area contributed by atoms with E-state index >= 15 is 0 Å². The summed E-state index contributed by atoms with van der Waals surface area (Å²) in [6, 6.07) is 15.3. The number of hydrogen-bond acceptors (Lipinski definition) is 2. The molecule has 1 aliphatic rings. The summed E-state index contributed by atoms with van der Waals surface area (Å²) in [6.45, 7) is 3.34. The van der Waals surface area contributed by atoms with E-state index < -0.39 is 0 Å². The number of hydrogen-bond donors (Lipinski definition) is 1. The minimum Gasteiger partial charge on any atom is -0.346 e. The highest BCUT2D eigenvalue weighted by Crippen LogP contribution is 2.18. The van der Waals surface area contributed by atoms with Gasteiger partial charge in [-0.25, -0.2) is 0 Å². The van der Waals surface area contributed by atoms with Gasteiger partial charge in [-0.1, -0.05) is 40.2 Å². The van der Waals surface area contributed by atoms with Crippen LogP contribution in [0.4, 0.5) is 0 Å². The highest BCUT2D eigenvalue weighted by Gasteiger charge is 2.20. The highest BCUT2D eigenvalue weighted by molar-refractivity contribution is 9.10. The fourth-order valence-electron chi connectivity index (χ4n) is 3.02. The van der Waals surface area contributed by atoms with E-state index in [0.29, 0.717) is 18.5 Å². The minimum atomic E-state index is -0.106. The molecule has 1 aliphatic heterocycles. The van der Waals surface area contributed by atoms with Crippen molar-refractivity contribution >= 4 is 27.7 Å². The van der Waals surface area contributed by atoms with Crippen molar-refractivity contribution in [3.63, 3.8) is 0 Å². The third-order valence-electron chi connectivity index (χ3n) is 4.45. The van der Waals surface area contributed by atoms with E-state index in [1.165, 1.54) is 0 Å². The topological polar surface area (TPSA) is 49.4 Å². The molecular weight excluding hydrogens is 380 g/mol. The molecule has 130 valence electrons. The Morgan fingerprint density at radius 3 is 2.68 bits per heavy atom. The summed E-state index contributed by atoms with van der Waals surface area (Å²) in [5, 5.41) is 3.03. The molecule has 0 aromatic heterocycles. The minimum absolute atomic E-state index is 0.0792. The van der Waals surface area contributed by atoms with Crippen LogP contribution in [0, 0.1) is 0 Å². The number of carbonyl (C=O) groups is 2. The van der Waals surface area contributed by atoms with Gasteiger partial charge in [0, 0.05) is 29.5 Å². The molecule has 0 aliphatic carbocycles. The van der Waals surface area contributed by atoms with Crippen molar-refractivity contribution in [3.05, 3.63) is 69.7 Å². The van der Waals surface area contributed by atoms with Crippen LogP contribution in [0.25, 0.3) is 0 Å². The van der Waals surface area contributed by atoms with Gasteiger partial charge >= 0.3 is 0 Å². The lowest BCUT2D eigenvalue weighted by atomic mass is 10.1. The Kier molecular flexibility index (Phi) is 5.53. The summed E-state index contributed by atoms with van der Waals surface area (Å²) in [4.78, 5) is 26.2. The molecule has 25 heavy (non-hydrogen) atoms. The molecule has 0 unspecified atom stereocenters. The summed E-state index contributed by atoms with van der Waals surface area (Å²) in [7, 11) is 0. The van der Waals surface area contributed by atoms with Gasteiger partial charge in [0.05, 0.1) is 6.04 Å². The average Bonchev–Trinajstić information content (AvgIpc) is 3.00. The standard InChI is InChI=1S/C20H21BrN2O2/c1-14(16-7-9-18(21)10-8-16)22-20(25)17-5-2-4-15(12-17)13-23-11-3-6-19(23)24/h2,4-5,7-10,12,14H,3,6,11,13H2,1H3,(H,22,25)/t14-/m0/s1. The van der Waals surface area contributed by atoms with Crippen molar-refractivity contribution in [2.75, 3.05) is 6.54 Å². The number of likely N-dealkylation sites (tertiary alicyclic amines) is 1. The fourth-order valence-corrected chi connectivity index (χ4v) is 3.28. The van der Waals surface area contributed by atoms with Gasteiger partial charge in [0.1, 0.15) is 0 Å². The van der Waals surface area contributed by atoms with E-state index in [-0.39, 0.29) is 17.9 Å². The molecule has 1 atom stereocenters. The third kappa shape index (κ3) is 4.48. The lowest BCUT2D eigenvalue weighted by Crippen LogP contribution is -2.27. The second-order valence-corrected chi connectivity index (χ2v) is 7.28. The molecule has 5 heteroatoms. The second kappa shape index (κ2) is 7.83. The van der Waals surface area contributed by atoms with E-state index in [9.17, 15) is 9.59 Å². The molecule has 0 bridgehead atoms. The molecule has 3 rings (SSSR count). The van der Waals surface area contributed by atoms with Crippen LogP contribution in [0.5, 0.6) is 0 Å². The monoisotopic (exact) mass is 400 g/mol. The van der Waals surface area contributed by atoms with Gasteiger partial charge in [-0.3, -0.25) is 9.59 Å². The molecule has 2 aromatic carbocycles. The number of benzene rings is 2. The quantitative estimate of drug-likeness (QED) is 0.822. The van der Waals surface area contributed by atoms with Crippen LogP contribution in [0.2, 0.25) is 0 Å². The largest absolute Gasteiger partial charge is 0.346 e. The first-order valence-electron chi connectivity index (χ1n) is 8.46. The van der Waals surface area contributed by atoms with Gasteiger partial charge in [-0.15, -0.1) is 0 Å². The van der Waals surface area contributed by atoms with Crippen LogP contribution in [0.15, 0.2) is 53.0 Å². The predicted octanol–water partition coefficient (Wildman–Crippen LogP) is 4.06. The van der Waals surface area contributed by atoms with Gasteiger partial charge in [-0.05, 0) is 48.7 Å². The third-order valence-corrected chi connectivity index (χ3v) is 4.98. The lowest BCUT2D eigenvalue weighted by Gasteiger charge is -2.17. The van der Waals surface area contributed by atoms with E-state index in [1.807, 2.05) is 54.3 Å². The lowest BCUT2D eigenvalue weighted by molar-refractivity contribution is -0.128. The maximum atomic E-state index is 12.5. The summed E-state index contributed by atoms with van der Waals surface area (Å²) in [5.41, 5.74) is 2.66. The molecule has 0 saturated carbocycles. The Hall–Kier alpha value is -2.14. The van der Waals surface area contributed by atoms with Crippen LogP contribution in [-0.2, 0) is 11.3 Å². The van der Waals surface area contributed by atoms with E-state index in [0.717, 1.165) is 28.6 Å². The predicted molar refractivity (Wildman–Crippen MR) is 101 cm³/mol. The molecule has 0 spiro atoms. The first-order chi connectivity index (χ1) is 12.0. The van der Waals surface area contributed by atoms with Crippen molar-refractivity contribution in [2.45, 2.75) is 32.4 Å². The number of carbonyl (C=O) groups excluding carboxylic acids is 2. The van der Waals surface area contributed by atoms with E-state index in [1.54, 1.807) is 6.07 Å². The molecule has 2 aromatic rings. The summed E-state index contributed by atoms with van der Waals surface area (Å²) < 4.78 is 1.01. The Balaban J connectivity index is 1.66. The maximum absolute atomic E-state index is 12.5. The average molecular weight is 401 g/mol. The fraction of sp³-hybridized carbons (Fsp3) is 0.300. The number of halogens is 1. The number of amides is 2. The molecule has 2 amide bonds. The number of nitrogens with zero attached hydrogens (tertiary/aromatic N) is 1. The van der Waals surface area contributed by atoms with Crippen LogP contribution in [0.1, 0.15) is 47.3 Å². The summed E-state index contributed by atoms with van der Waals surface area (Å²) >= 11 is 3.41. The van der Waals surface area contributed by atoms with Crippen LogP contribution in [-0.4, -0.2) is 23.3 Å². The maximum Gasteiger partial charge on any atom is 0.251 e. The normalized spacial score (nSPS) is 15.3. The van der Waals surface area contributed by atoms with Gasteiger partial charge in [-0.2, -0.15) is 0 Å². The Morgan fingerprint density at radius 1 is 1.24 bits per heavy atom. The Labute approximate surface area is 156 Å². The van der Waals surface area contributed by atoms with Crippen LogP contribution < -0.4 is 5.32 Å². The molecule has 1 N–H and O–H groups in total. The Bertz CT molecular complexity index is 774. The molecule has 4 nitrogen and oxygen atoms in total. The zero-order chi connectivity index (χ0) is 17.8. The van der Waals surface area contributed by atoms with Crippen molar-refractivity contribution in [3.8, 4) is 0 Å². The van der Waals surface area contributed by atoms with Gasteiger partial charge < -0.3 is 10.2 Å². The molecule has 1 saturated heterocycles. The summed E-state index contributed by atoms with van der Waals surface area (Å²) in [5.74, 6) is 0.0868. The van der Waals surface area contributed by atoms with Gasteiger partial charge in [0.2, 0.25) is 5.91 Å². The zero-order valence-corrected chi connectivity index (χ0v) is 15.8. The van der Waals surface area contributed by atoms with Crippen molar-refractivity contribution in [1.29, 1.82) is 0 Å². The highest BCUT2D eigenvalue weighted by atomic mass is 79.9. The Morgan fingerprint density at radius 2 is 2.00 bits per heavy atom. The van der Waals surface area contributed by atoms with E-state index in [2.05, 4.69) is 21.2 Å². The van der Waals surface area contributed by atoms with Crippen molar-refractivity contribution in [2.24, 2.45) is 0 Å². The SMILES string of the molecule is C[C@H](NC(=O)c1cccc(CN2CCCC2=O)c1)c1ccc(Br)cc1. The van der Waals surface area contributed by atoms with Gasteiger partial charge in [0.25, 0.3) is 5.91 Å². The number of rotatable bonds is 5. The van der Waals surface area contributed by atoms with Crippen LogP contribution >= 0.6 is 15.9 Å². The smallest absolute Gasteiger partial charge is 0.251 e. The van der Waals surface area contributed by atoms with Crippen molar-refractivity contribution < 1.29 is 9.59 Å². The zero-order valence-electron chi connectivity index (χ0n) is 14.2. The van der Waals surface area contributed by atoms with E-state index in [4.69, 9.17) is 0 Å². The molecule has 1 heterocycles. The molecule has 1 fully saturated rings. The van der Waals surface area contributed by atoms with Gasteiger partial charge in [0.15, 0.2) is 0 Å². The summed E-state index contributed by atoms with van der Waals surface area (Å²) in [6.07, 6.45) is 1.55. The first kappa shape index (κ1) is 17.7. The number of nitrogens with one attached hydrogen (secondary N) is 1. The second-order valence-electron chi connectivity index (χ2n) is 6.37. The van der Waals surface area contributed by atoms with Crippen molar-refractivity contribution in [1.82, 2.24) is 10.2 Å².